The predicted molar refractivity (Wildman–Crippen MR) is 75.3 cm³/mol. The van der Waals surface area contributed by atoms with Crippen LogP contribution >= 0.6 is 0 Å². The van der Waals surface area contributed by atoms with E-state index in [0.29, 0.717) is 17.4 Å². The summed E-state index contributed by atoms with van der Waals surface area (Å²) in [6.07, 6.45) is 2.00. The third-order valence-electron chi connectivity index (χ3n) is 3.81. The van der Waals surface area contributed by atoms with Crippen molar-refractivity contribution < 1.29 is 14.7 Å². The molecule has 2 atom stereocenters. The summed E-state index contributed by atoms with van der Waals surface area (Å²) in [4.78, 5) is 42.0. The van der Waals surface area contributed by atoms with E-state index in [-0.39, 0.29) is 5.56 Å². The molecule has 114 valence electrons. The van der Waals surface area contributed by atoms with E-state index in [1.165, 1.54) is 6.92 Å². The molecule has 0 aromatic carbocycles. The largest absolute Gasteiger partial charge is 0.481 e. The lowest BCUT2D eigenvalue weighted by Crippen LogP contribution is -2.42. The summed E-state index contributed by atoms with van der Waals surface area (Å²) in [7, 11) is 0. The van der Waals surface area contributed by atoms with Crippen LogP contribution in [-0.4, -0.2) is 33.0 Å². The van der Waals surface area contributed by atoms with Gasteiger partial charge in [0.1, 0.15) is 11.4 Å². The van der Waals surface area contributed by atoms with Crippen molar-refractivity contribution in [2.45, 2.75) is 45.6 Å². The van der Waals surface area contributed by atoms with Crippen LogP contribution in [0.15, 0.2) is 4.79 Å². The number of aromatic amines is 1. The van der Waals surface area contributed by atoms with Gasteiger partial charge in [0.05, 0.1) is 11.6 Å². The van der Waals surface area contributed by atoms with E-state index in [1.54, 1.807) is 13.8 Å². The minimum atomic E-state index is -1.00. The minimum Gasteiger partial charge on any atom is -0.481 e. The number of amides is 1. The minimum absolute atomic E-state index is 0.0520. The number of aliphatic carboxylic acids is 1. The summed E-state index contributed by atoms with van der Waals surface area (Å²) in [5, 5.41) is 11.5. The van der Waals surface area contributed by atoms with Gasteiger partial charge in [-0.15, -0.1) is 0 Å². The maximum absolute atomic E-state index is 12.2. The molecule has 1 aliphatic rings. The van der Waals surface area contributed by atoms with Crippen molar-refractivity contribution in [2.24, 2.45) is 5.92 Å². The lowest BCUT2D eigenvalue weighted by atomic mass is 10.0. The Balaban J connectivity index is 2.19. The Morgan fingerprint density at radius 1 is 1.38 bits per heavy atom. The van der Waals surface area contributed by atoms with E-state index < -0.39 is 29.4 Å². The predicted octanol–water partition coefficient (Wildman–Crippen LogP) is 0.795. The maximum atomic E-state index is 12.2. The number of rotatable bonds is 5. The number of hydrogen-bond acceptors (Lipinski definition) is 4. The zero-order chi connectivity index (χ0) is 15.7. The molecule has 1 aliphatic carbocycles. The molecule has 1 fully saturated rings. The first-order valence-corrected chi connectivity index (χ1v) is 6.95. The van der Waals surface area contributed by atoms with Crippen molar-refractivity contribution in [3.8, 4) is 0 Å². The van der Waals surface area contributed by atoms with Crippen molar-refractivity contribution in [3.05, 3.63) is 27.4 Å². The highest BCUT2D eigenvalue weighted by Gasteiger charge is 2.29. The second-order valence-electron chi connectivity index (χ2n) is 5.57. The fraction of sp³-hybridized carbons (Fsp3) is 0.571. The van der Waals surface area contributed by atoms with Crippen molar-refractivity contribution in [2.75, 3.05) is 0 Å². The van der Waals surface area contributed by atoms with E-state index in [4.69, 9.17) is 5.11 Å². The standard InChI is InChI=1S/C14H19N3O4/c1-6(14(20)21)7(2)16-12(18)10-8(3)15-11(9-4-5-9)17-13(10)19/h6-7,9H,4-5H2,1-3H3,(H,16,18)(H,20,21)(H,15,17,19). The van der Waals surface area contributed by atoms with Crippen LogP contribution in [0.3, 0.4) is 0 Å². The third kappa shape index (κ3) is 3.29. The van der Waals surface area contributed by atoms with E-state index >= 15 is 0 Å². The molecule has 0 bridgehead atoms. The van der Waals surface area contributed by atoms with Gasteiger partial charge >= 0.3 is 5.97 Å². The van der Waals surface area contributed by atoms with Crippen LogP contribution < -0.4 is 10.9 Å². The average molecular weight is 293 g/mol. The summed E-state index contributed by atoms with van der Waals surface area (Å²) in [6.45, 7) is 4.70. The molecule has 0 saturated heterocycles. The van der Waals surface area contributed by atoms with Crippen molar-refractivity contribution >= 4 is 11.9 Å². The van der Waals surface area contributed by atoms with Crippen molar-refractivity contribution in [1.82, 2.24) is 15.3 Å². The number of aryl methyl sites for hydroxylation is 1. The summed E-state index contributed by atoms with van der Waals surface area (Å²) in [6, 6.07) is -0.586. The topological polar surface area (TPSA) is 112 Å². The Kier molecular flexibility index (Phi) is 4.11. The van der Waals surface area contributed by atoms with E-state index in [0.717, 1.165) is 12.8 Å². The molecule has 2 unspecified atom stereocenters. The fourth-order valence-corrected chi connectivity index (χ4v) is 2.04. The zero-order valence-electron chi connectivity index (χ0n) is 12.3. The number of H-pyrrole nitrogens is 1. The van der Waals surface area contributed by atoms with E-state index in [1.807, 2.05) is 0 Å². The number of nitrogens with zero attached hydrogens (tertiary/aromatic N) is 1. The number of hydrogen-bond donors (Lipinski definition) is 3. The number of carboxylic acids is 1. The summed E-state index contributed by atoms with van der Waals surface area (Å²) in [5.41, 5.74) is -0.158. The molecule has 0 aliphatic heterocycles. The first-order chi connectivity index (χ1) is 9.81. The van der Waals surface area contributed by atoms with Crippen LogP contribution in [0, 0.1) is 12.8 Å². The molecule has 2 rings (SSSR count). The summed E-state index contributed by atoms with van der Waals surface area (Å²) in [5.74, 6) is -1.42. The second-order valence-corrected chi connectivity index (χ2v) is 5.57. The SMILES string of the molecule is Cc1nc(C2CC2)[nH]c(=O)c1C(=O)NC(C)C(C)C(=O)O. The summed E-state index contributed by atoms with van der Waals surface area (Å²) < 4.78 is 0. The van der Waals surface area contributed by atoms with E-state index in [2.05, 4.69) is 15.3 Å². The fourth-order valence-electron chi connectivity index (χ4n) is 2.04. The molecule has 1 aromatic rings. The third-order valence-corrected chi connectivity index (χ3v) is 3.81. The van der Waals surface area contributed by atoms with E-state index in [9.17, 15) is 14.4 Å². The van der Waals surface area contributed by atoms with Gasteiger partial charge in [0, 0.05) is 12.0 Å². The van der Waals surface area contributed by atoms with Gasteiger partial charge < -0.3 is 15.4 Å². The van der Waals surface area contributed by atoms with Gasteiger partial charge in [0.15, 0.2) is 0 Å². The Morgan fingerprint density at radius 3 is 2.48 bits per heavy atom. The first kappa shape index (κ1) is 15.2. The normalized spacial score (nSPS) is 17.1. The molecule has 1 heterocycles. The molecule has 0 radical (unpaired) electrons. The lowest BCUT2D eigenvalue weighted by molar-refractivity contribution is -0.141. The highest BCUT2D eigenvalue weighted by molar-refractivity contribution is 5.95. The van der Waals surface area contributed by atoms with Gasteiger partial charge in [-0.2, -0.15) is 0 Å². The number of carboxylic acid groups (broad SMARTS) is 1. The van der Waals surface area contributed by atoms with Crippen molar-refractivity contribution in [1.29, 1.82) is 0 Å². The van der Waals surface area contributed by atoms with Crippen LogP contribution in [0.2, 0.25) is 0 Å². The average Bonchev–Trinajstić information content (AvgIpc) is 3.20. The van der Waals surface area contributed by atoms with Gasteiger partial charge in [-0.1, -0.05) is 0 Å². The van der Waals surface area contributed by atoms with Crippen LogP contribution in [-0.2, 0) is 4.79 Å². The molecule has 21 heavy (non-hydrogen) atoms. The molecule has 1 saturated carbocycles. The first-order valence-electron chi connectivity index (χ1n) is 6.95. The Morgan fingerprint density at radius 2 is 2.00 bits per heavy atom. The van der Waals surface area contributed by atoms with Crippen LogP contribution in [0.4, 0.5) is 0 Å². The lowest BCUT2D eigenvalue weighted by Gasteiger charge is -2.18. The molecular formula is C14H19N3O4. The Bertz CT molecular complexity index is 634. The quantitative estimate of drug-likeness (QED) is 0.743. The number of nitrogens with one attached hydrogen (secondary N) is 2. The molecular weight excluding hydrogens is 274 g/mol. The number of aromatic nitrogens is 2. The van der Waals surface area contributed by atoms with Gasteiger partial charge in [-0.25, -0.2) is 4.98 Å². The highest BCUT2D eigenvalue weighted by atomic mass is 16.4. The number of carbonyl (C=O) groups excluding carboxylic acids is 1. The van der Waals surface area contributed by atoms with Crippen LogP contribution in [0.1, 0.15) is 54.5 Å². The van der Waals surface area contributed by atoms with Crippen LogP contribution in [0.5, 0.6) is 0 Å². The Hall–Kier alpha value is -2.18. The summed E-state index contributed by atoms with van der Waals surface area (Å²) >= 11 is 0. The molecule has 3 N–H and O–H groups in total. The highest BCUT2D eigenvalue weighted by Crippen LogP contribution is 2.37. The monoisotopic (exact) mass is 293 g/mol. The number of carbonyl (C=O) groups is 2. The Labute approximate surface area is 121 Å². The molecule has 0 spiro atoms. The zero-order valence-corrected chi connectivity index (χ0v) is 12.3. The van der Waals surface area contributed by atoms with Crippen LogP contribution in [0.25, 0.3) is 0 Å². The van der Waals surface area contributed by atoms with Gasteiger partial charge in [0.25, 0.3) is 11.5 Å². The van der Waals surface area contributed by atoms with Crippen molar-refractivity contribution in [3.63, 3.8) is 0 Å². The van der Waals surface area contributed by atoms with Gasteiger partial charge in [-0.05, 0) is 33.6 Å². The molecule has 1 amide bonds. The van der Waals surface area contributed by atoms with Gasteiger partial charge in [0.2, 0.25) is 0 Å². The second kappa shape index (κ2) is 5.67. The molecule has 7 heteroatoms. The maximum Gasteiger partial charge on any atom is 0.308 e. The molecule has 7 nitrogen and oxygen atoms in total. The molecule has 1 aromatic heterocycles. The van der Waals surface area contributed by atoms with Gasteiger partial charge in [-0.3, -0.25) is 14.4 Å². The smallest absolute Gasteiger partial charge is 0.308 e.